The average Bonchev–Trinajstić information content (AvgIpc) is 3.03. The molecular formula is C22H20N2O2. The van der Waals surface area contributed by atoms with E-state index in [-0.39, 0.29) is 17.8 Å². The van der Waals surface area contributed by atoms with Gasteiger partial charge in [0.2, 0.25) is 5.91 Å². The standard InChI is InChI=1S/C22H20N2O2/c25-20-8-4-7-19(13-20)22-23-21(26)15-24(22)14-16-9-11-18(12-10-16)17-5-2-1-3-6-17/h1-13,22,25H,14-15H2,(H,23,26)/t22-/m1/s1. The third-order valence-electron chi connectivity index (χ3n) is 4.64. The molecule has 4 rings (SSSR count). The lowest BCUT2D eigenvalue weighted by Crippen LogP contribution is -2.27. The largest absolute Gasteiger partial charge is 0.508 e. The minimum Gasteiger partial charge on any atom is -0.508 e. The second kappa shape index (κ2) is 7.02. The average molecular weight is 344 g/mol. The Bertz CT molecular complexity index is 907. The van der Waals surface area contributed by atoms with Crippen molar-refractivity contribution in [1.82, 2.24) is 10.2 Å². The van der Waals surface area contributed by atoms with E-state index < -0.39 is 0 Å². The van der Waals surface area contributed by atoms with Crippen molar-refractivity contribution in [2.24, 2.45) is 0 Å². The molecule has 1 aliphatic heterocycles. The van der Waals surface area contributed by atoms with Crippen LogP contribution in [0.2, 0.25) is 0 Å². The van der Waals surface area contributed by atoms with Crippen LogP contribution in [-0.4, -0.2) is 22.5 Å². The zero-order chi connectivity index (χ0) is 17.9. The highest BCUT2D eigenvalue weighted by molar-refractivity contribution is 5.80. The van der Waals surface area contributed by atoms with Crippen molar-refractivity contribution < 1.29 is 9.90 Å². The Morgan fingerprint density at radius 3 is 2.38 bits per heavy atom. The van der Waals surface area contributed by atoms with Crippen LogP contribution in [0.3, 0.4) is 0 Å². The zero-order valence-corrected chi connectivity index (χ0v) is 14.3. The maximum absolute atomic E-state index is 11.9. The summed E-state index contributed by atoms with van der Waals surface area (Å²) in [6.45, 7) is 1.01. The van der Waals surface area contributed by atoms with E-state index in [1.165, 1.54) is 11.1 Å². The number of nitrogens with zero attached hydrogens (tertiary/aromatic N) is 1. The number of aromatic hydroxyl groups is 1. The Hall–Kier alpha value is -3.11. The lowest BCUT2D eigenvalue weighted by Gasteiger charge is -2.23. The second-order valence-electron chi connectivity index (χ2n) is 6.53. The number of rotatable bonds is 4. The summed E-state index contributed by atoms with van der Waals surface area (Å²) in [5.74, 6) is 0.204. The Kier molecular flexibility index (Phi) is 4.42. The third kappa shape index (κ3) is 3.46. The number of benzene rings is 3. The smallest absolute Gasteiger partial charge is 0.235 e. The van der Waals surface area contributed by atoms with Gasteiger partial charge in [-0.05, 0) is 34.4 Å². The van der Waals surface area contributed by atoms with Crippen molar-refractivity contribution in [3.63, 3.8) is 0 Å². The first-order chi connectivity index (χ1) is 12.7. The maximum Gasteiger partial charge on any atom is 0.235 e. The van der Waals surface area contributed by atoms with E-state index in [1.807, 2.05) is 24.3 Å². The van der Waals surface area contributed by atoms with Crippen molar-refractivity contribution in [2.45, 2.75) is 12.7 Å². The molecule has 1 aliphatic rings. The Labute approximate surface area is 152 Å². The molecule has 0 saturated carbocycles. The van der Waals surface area contributed by atoms with E-state index in [9.17, 15) is 9.90 Å². The first-order valence-corrected chi connectivity index (χ1v) is 8.66. The van der Waals surface area contributed by atoms with Gasteiger partial charge >= 0.3 is 0 Å². The van der Waals surface area contributed by atoms with Crippen molar-refractivity contribution in [1.29, 1.82) is 0 Å². The molecule has 1 saturated heterocycles. The molecule has 3 aromatic carbocycles. The maximum atomic E-state index is 11.9. The topological polar surface area (TPSA) is 52.6 Å². The van der Waals surface area contributed by atoms with Gasteiger partial charge in [0.15, 0.2) is 0 Å². The molecule has 2 N–H and O–H groups in total. The number of phenolic OH excluding ortho intramolecular Hbond substituents is 1. The van der Waals surface area contributed by atoms with Crippen LogP contribution < -0.4 is 5.32 Å². The monoisotopic (exact) mass is 344 g/mol. The molecule has 1 fully saturated rings. The van der Waals surface area contributed by atoms with Gasteiger partial charge in [0.05, 0.1) is 6.54 Å². The third-order valence-corrected chi connectivity index (χ3v) is 4.64. The number of hydrogen-bond acceptors (Lipinski definition) is 3. The van der Waals surface area contributed by atoms with Gasteiger partial charge in [-0.2, -0.15) is 0 Å². The van der Waals surface area contributed by atoms with Crippen molar-refractivity contribution in [3.8, 4) is 16.9 Å². The van der Waals surface area contributed by atoms with E-state index >= 15 is 0 Å². The molecule has 3 aromatic rings. The molecule has 0 aromatic heterocycles. The minimum atomic E-state index is -0.219. The summed E-state index contributed by atoms with van der Waals surface area (Å²) in [5, 5.41) is 12.7. The SMILES string of the molecule is O=C1CN(Cc2ccc(-c3ccccc3)cc2)[C@H](c2cccc(O)c2)N1. The summed E-state index contributed by atoms with van der Waals surface area (Å²) in [4.78, 5) is 14.0. The van der Waals surface area contributed by atoms with Gasteiger partial charge in [-0.3, -0.25) is 9.69 Å². The molecule has 0 radical (unpaired) electrons. The molecule has 130 valence electrons. The van der Waals surface area contributed by atoms with E-state index in [0.29, 0.717) is 13.1 Å². The molecule has 1 heterocycles. The minimum absolute atomic E-state index is 0.000696. The Balaban J connectivity index is 1.53. The van der Waals surface area contributed by atoms with Crippen LogP contribution >= 0.6 is 0 Å². The predicted octanol–water partition coefficient (Wildman–Crippen LogP) is 3.69. The van der Waals surface area contributed by atoms with E-state index in [1.54, 1.807) is 18.2 Å². The molecule has 0 aliphatic carbocycles. The highest BCUT2D eigenvalue weighted by Gasteiger charge is 2.30. The molecule has 0 bridgehead atoms. The fourth-order valence-corrected chi connectivity index (χ4v) is 3.37. The van der Waals surface area contributed by atoms with Crippen LogP contribution in [0.4, 0.5) is 0 Å². The molecular weight excluding hydrogens is 324 g/mol. The number of phenols is 1. The molecule has 1 atom stereocenters. The first-order valence-electron chi connectivity index (χ1n) is 8.66. The van der Waals surface area contributed by atoms with Gasteiger partial charge in [-0.1, -0.05) is 66.7 Å². The van der Waals surface area contributed by atoms with Gasteiger partial charge < -0.3 is 10.4 Å². The van der Waals surface area contributed by atoms with Crippen LogP contribution in [0.15, 0.2) is 78.9 Å². The fraction of sp³-hybridized carbons (Fsp3) is 0.136. The number of carbonyl (C=O) groups is 1. The van der Waals surface area contributed by atoms with E-state index in [0.717, 1.165) is 11.1 Å². The van der Waals surface area contributed by atoms with Crippen LogP contribution in [-0.2, 0) is 11.3 Å². The Morgan fingerprint density at radius 2 is 1.65 bits per heavy atom. The van der Waals surface area contributed by atoms with Crippen LogP contribution in [0, 0.1) is 0 Å². The number of nitrogens with one attached hydrogen (secondary N) is 1. The summed E-state index contributed by atoms with van der Waals surface area (Å²) in [6.07, 6.45) is -0.219. The number of carbonyl (C=O) groups excluding carboxylic acids is 1. The molecule has 4 nitrogen and oxygen atoms in total. The lowest BCUT2D eigenvalue weighted by atomic mass is 10.0. The number of hydrogen-bond donors (Lipinski definition) is 2. The van der Waals surface area contributed by atoms with Gasteiger partial charge in [0.1, 0.15) is 11.9 Å². The highest BCUT2D eigenvalue weighted by atomic mass is 16.3. The molecule has 4 heteroatoms. The second-order valence-corrected chi connectivity index (χ2v) is 6.53. The number of amides is 1. The van der Waals surface area contributed by atoms with Gasteiger partial charge in [0.25, 0.3) is 0 Å². The van der Waals surface area contributed by atoms with Gasteiger partial charge in [-0.15, -0.1) is 0 Å². The summed E-state index contributed by atoms with van der Waals surface area (Å²) in [6, 6.07) is 25.7. The van der Waals surface area contributed by atoms with Crippen LogP contribution in [0.5, 0.6) is 5.75 Å². The summed E-state index contributed by atoms with van der Waals surface area (Å²) < 4.78 is 0. The highest BCUT2D eigenvalue weighted by Crippen LogP contribution is 2.27. The van der Waals surface area contributed by atoms with Crippen molar-refractivity contribution >= 4 is 5.91 Å². The zero-order valence-electron chi connectivity index (χ0n) is 14.3. The predicted molar refractivity (Wildman–Crippen MR) is 101 cm³/mol. The fourth-order valence-electron chi connectivity index (χ4n) is 3.37. The molecule has 26 heavy (non-hydrogen) atoms. The summed E-state index contributed by atoms with van der Waals surface area (Å²) >= 11 is 0. The molecule has 1 amide bonds. The van der Waals surface area contributed by atoms with E-state index in [2.05, 4.69) is 46.6 Å². The summed E-state index contributed by atoms with van der Waals surface area (Å²) in [5.41, 5.74) is 4.40. The van der Waals surface area contributed by atoms with E-state index in [4.69, 9.17) is 0 Å². The van der Waals surface area contributed by atoms with Crippen LogP contribution in [0.25, 0.3) is 11.1 Å². The van der Waals surface area contributed by atoms with Crippen molar-refractivity contribution in [2.75, 3.05) is 6.54 Å². The first kappa shape index (κ1) is 16.4. The Morgan fingerprint density at radius 1 is 0.923 bits per heavy atom. The summed E-state index contributed by atoms with van der Waals surface area (Å²) in [7, 11) is 0. The molecule has 0 unspecified atom stereocenters. The van der Waals surface area contributed by atoms with Crippen molar-refractivity contribution in [3.05, 3.63) is 90.0 Å². The van der Waals surface area contributed by atoms with Gasteiger partial charge in [-0.25, -0.2) is 0 Å². The molecule has 0 spiro atoms. The van der Waals surface area contributed by atoms with Gasteiger partial charge in [0, 0.05) is 6.54 Å². The quantitative estimate of drug-likeness (QED) is 0.759. The lowest BCUT2D eigenvalue weighted by molar-refractivity contribution is -0.118. The van der Waals surface area contributed by atoms with Crippen LogP contribution in [0.1, 0.15) is 17.3 Å². The normalized spacial score (nSPS) is 17.2.